The zero-order valence-corrected chi connectivity index (χ0v) is 30.8. The average Bonchev–Trinajstić information content (AvgIpc) is 3.47. The highest BCUT2D eigenvalue weighted by Crippen LogP contribution is 2.31. The molecule has 2 atom stereocenters. The second-order valence-corrected chi connectivity index (χ2v) is 13.2. The molecule has 3 aromatic rings. The van der Waals surface area contributed by atoms with E-state index in [-0.39, 0.29) is 53.9 Å². The average molecular weight is 761 g/mol. The number of nitrogens with zero attached hydrogens (tertiary/aromatic N) is 4. The molecule has 5 rings (SSSR count). The minimum absolute atomic E-state index is 0. The number of esters is 1. The van der Waals surface area contributed by atoms with Gasteiger partial charge in [0.25, 0.3) is 17.7 Å². The largest absolute Gasteiger partial charge is 1.00 e. The molecule has 13 heteroatoms. The van der Waals surface area contributed by atoms with E-state index in [0.29, 0.717) is 11.3 Å². The highest BCUT2D eigenvalue weighted by molar-refractivity contribution is 6.39. The van der Waals surface area contributed by atoms with Gasteiger partial charge in [0.1, 0.15) is 30.8 Å². The van der Waals surface area contributed by atoms with Crippen LogP contribution in [0.1, 0.15) is 49.2 Å². The van der Waals surface area contributed by atoms with Crippen LogP contribution in [0, 0.1) is 5.92 Å². The normalized spacial score (nSPS) is 17.1. The van der Waals surface area contributed by atoms with Crippen LogP contribution in [0.5, 0.6) is 0 Å². The summed E-state index contributed by atoms with van der Waals surface area (Å²) in [5.41, 5.74) is 1.46. The lowest BCUT2D eigenvalue weighted by molar-refractivity contribution is -0.686. The second-order valence-electron chi connectivity index (χ2n) is 13.2. The van der Waals surface area contributed by atoms with Gasteiger partial charge in [-0.1, -0.05) is 74.5 Å². The predicted molar refractivity (Wildman–Crippen MR) is 184 cm³/mol. The van der Waals surface area contributed by atoms with Crippen molar-refractivity contribution in [2.75, 3.05) is 20.3 Å². The summed E-state index contributed by atoms with van der Waals surface area (Å²) in [6, 6.07) is 19.6. The Morgan fingerprint density at radius 3 is 2.29 bits per heavy atom. The number of Topliss-reactive ketones (excluding diaryl/α,β-unsaturated/α-hetero) is 1. The summed E-state index contributed by atoms with van der Waals surface area (Å²) in [6.07, 6.45) is 4.95. The molecular weight excluding hydrogens is 718 g/mol. The van der Waals surface area contributed by atoms with Gasteiger partial charge in [-0.3, -0.25) is 29.0 Å². The van der Waals surface area contributed by atoms with Crippen LogP contribution in [0.4, 0.5) is 0 Å². The Hall–Kier alpha value is -5.17. The molecule has 0 radical (unpaired) electrons. The van der Waals surface area contributed by atoms with Crippen molar-refractivity contribution >= 4 is 41.1 Å². The SMILES string of the molecule is COC(=O)C[n+]1cccc(C(=O)N2C=C(c3ccccc3)N(CC(=O)N[C@@H](Cc3ccccc3)C(=O)C3=NC(C)(C)CO3)C(=O)[C@H]2C(C)C)c1.[Br-]. The minimum atomic E-state index is -1.00. The first-order valence-electron chi connectivity index (χ1n) is 16.4. The molecule has 0 fully saturated rings. The Morgan fingerprint density at radius 1 is 1.02 bits per heavy atom. The highest BCUT2D eigenvalue weighted by Gasteiger charge is 2.42. The molecule has 51 heavy (non-hydrogen) atoms. The number of benzene rings is 2. The van der Waals surface area contributed by atoms with E-state index in [0.717, 1.165) is 5.56 Å². The van der Waals surface area contributed by atoms with Crippen molar-refractivity contribution in [1.29, 1.82) is 0 Å². The zero-order chi connectivity index (χ0) is 36.0. The fourth-order valence-corrected chi connectivity index (χ4v) is 5.88. The van der Waals surface area contributed by atoms with Crippen molar-refractivity contribution in [2.24, 2.45) is 10.9 Å². The summed E-state index contributed by atoms with van der Waals surface area (Å²) in [4.78, 5) is 75.1. The third kappa shape index (κ3) is 9.34. The summed E-state index contributed by atoms with van der Waals surface area (Å²) < 4.78 is 11.9. The van der Waals surface area contributed by atoms with Crippen LogP contribution in [-0.2, 0) is 41.6 Å². The maximum Gasteiger partial charge on any atom is 0.372 e. The number of methoxy groups -OCH3 is 1. The Morgan fingerprint density at radius 2 is 1.69 bits per heavy atom. The summed E-state index contributed by atoms with van der Waals surface area (Å²) in [5, 5.41) is 2.85. The molecule has 0 unspecified atom stereocenters. The lowest BCUT2D eigenvalue weighted by atomic mass is 9.96. The minimum Gasteiger partial charge on any atom is -1.00 e. The third-order valence-electron chi connectivity index (χ3n) is 8.36. The van der Waals surface area contributed by atoms with Crippen LogP contribution >= 0.6 is 0 Å². The summed E-state index contributed by atoms with van der Waals surface area (Å²) in [5.74, 6) is -2.81. The van der Waals surface area contributed by atoms with Crippen molar-refractivity contribution in [1.82, 2.24) is 15.1 Å². The number of rotatable bonds is 12. The smallest absolute Gasteiger partial charge is 0.372 e. The molecular formula is C38H42BrN5O7. The van der Waals surface area contributed by atoms with Crippen LogP contribution in [0.15, 0.2) is 96.4 Å². The van der Waals surface area contributed by atoms with Gasteiger partial charge in [0.15, 0.2) is 12.4 Å². The Balaban J connectivity index is 0.00000583. The first kappa shape index (κ1) is 38.6. The molecule has 0 saturated heterocycles. The van der Waals surface area contributed by atoms with Crippen LogP contribution in [0.3, 0.4) is 0 Å². The molecule has 3 amide bonds. The van der Waals surface area contributed by atoms with Gasteiger partial charge in [-0.25, -0.2) is 9.79 Å². The topological polar surface area (TPSA) is 139 Å². The molecule has 12 nitrogen and oxygen atoms in total. The van der Waals surface area contributed by atoms with Crippen LogP contribution < -0.4 is 26.9 Å². The Bertz CT molecular complexity index is 1830. The Labute approximate surface area is 307 Å². The van der Waals surface area contributed by atoms with E-state index in [1.165, 1.54) is 27.7 Å². The van der Waals surface area contributed by atoms with E-state index in [1.807, 2.05) is 64.1 Å². The van der Waals surface area contributed by atoms with E-state index in [1.54, 1.807) is 48.8 Å². The number of carbonyl (C=O) groups is 5. The standard InChI is InChI=1S/C38H41N5O7.BrH/c1-25(2)33-37(48)42(22-31(44)39-29(19-26-13-8-6-9-14-26)34(46)35-40-38(3,4)24-50-35)30(27-15-10-7-11-16-27)21-43(33)36(47)28-17-12-18-41(20-28)23-32(45)49-5;/h6-18,20-21,25,29,33H,19,22-24H2,1-5H3;1H/t29-,33+;/m0./s1. The number of hydrogen-bond acceptors (Lipinski definition) is 8. The molecule has 1 N–H and O–H groups in total. The summed E-state index contributed by atoms with van der Waals surface area (Å²) in [7, 11) is 1.28. The zero-order valence-electron chi connectivity index (χ0n) is 29.2. The number of amides is 3. The molecule has 0 aliphatic carbocycles. The number of aromatic nitrogens is 1. The lowest BCUT2D eigenvalue weighted by Crippen LogP contribution is -3.00. The van der Waals surface area contributed by atoms with Gasteiger partial charge >= 0.3 is 5.97 Å². The third-order valence-corrected chi connectivity index (χ3v) is 8.36. The van der Waals surface area contributed by atoms with E-state index < -0.39 is 53.6 Å². The number of pyridine rings is 1. The molecule has 0 bridgehead atoms. The van der Waals surface area contributed by atoms with Gasteiger partial charge in [-0.05, 0) is 37.0 Å². The van der Waals surface area contributed by atoms with Crippen molar-refractivity contribution in [3.8, 4) is 0 Å². The van der Waals surface area contributed by atoms with Crippen LogP contribution in [0.2, 0.25) is 0 Å². The number of carbonyl (C=O) groups excluding carboxylic acids is 5. The molecule has 0 saturated carbocycles. The van der Waals surface area contributed by atoms with Crippen molar-refractivity contribution < 1.29 is 55.0 Å². The monoisotopic (exact) mass is 759 g/mol. The van der Waals surface area contributed by atoms with Gasteiger partial charge in [-0.2, -0.15) is 4.57 Å². The van der Waals surface area contributed by atoms with Gasteiger partial charge in [0.2, 0.25) is 18.2 Å². The van der Waals surface area contributed by atoms with Crippen molar-refractivity contribution in [3.05, 3.63) is 108 Å². The maximum absolute atomic E-state index is 14.4. The molecule has 3 heterocycles. The fraction of sp³-hybridized carbons (Fsp3) is 0.342. The molecule has 1 aromatic heterocycles. The molecule has 2 aliphatic heterocycles. The fourth-order valence-electron chi connectivity index (χ4n) is 5.88. The quantitative estimate of drug-likeness (QED) is 0.202. The molecule has 0 spiro atoms. The van der Waals surface area contributed by atoms with Gasteiger partial charge < -0.3 is 31.8 Å². The van der Waals surface area contributed by atoms with Crippen LogP contribution in [-0.4, -0.2) is 83.1 Å². The number of ketones is 1. The molecule has 2 aliphatic rings. The second kappa shape index (κ2) is 16.7. The first-order chi connectivity index (χ1) is 23.9. The lowest BCUT2D eigenvalue weighted by Gasteiger charge is -2.41. The highest BCUT2D eigenvalue weighted by atomic mass is 79.9. The van der Waals surface area contributed by atoms with E-state index in [9.17, 15) is 24.0 Å². The molecule has 2 aromatic carbocycles. The summed E-state index contributed by atoms with van der Waals surface area (Å²) in [6.45, 7) is 7.10. The van der Waals surface area contributed by atoms with E-state index in [2.05, 4.69) is 10.3 Å². The number of halogens is 1. The number of aliphatic imine (C=N–C) groups is 1. The van der Waals surface area contributed by atoms with Crippen molar-refractivity contribution in [3.63, 3.8) is 0 Å². The van der Waals surface area contributed by atoms with Gasteiger partial charge in [0, 0.05) is 18.7 Å². The number of nitrogens with one attached hydrogen (secondary N) is 1. The number of ether oxygens (including phenoxy) is 2. The summed E-state index contributed by atoms with van der Waals surface area (Å²) >= 11 is 0. The van der Waals surface area contributed by atoms with E-state index in [4.69, 9.17) is 9.47 Å². The van der Waals surface area contributed by atoms with Gasteiger partial charge in [-0.15, -0.1) is 0 Å². The molecule has 268 valence electrons. The van der Waals surface area contributed by atoms with Crippen molar-refractivity contribution in [2.45, 2.75) is 58.3 Å². The maximum atomic E-state index is 14.4. The van der Waals surface area contributed by atoms with E-state index >= 15 is 0 Å². The van der Waals surface area contributed by atoms with Gasteiger partial charge in [0.05, 0.1) is 18.3 Å². The first-order valence-corrected chi connectivity index (χ1v) is 16.4. The van der Waals surface area contributed by atoms with Crippen LogP contribution in [0.25, 0.3) is 5.70 Å². The Kier molecular flexibility index (Phi) is 12.6. The predicted octanol–water partition coefficient (Wildman–Crippen LogP) is -0.0374. The number of hydrogen-bond donors (Lipinski definition) is 1.